The van der Waals surface area contributed by atoms with Gasteiger partial charge in [-0.1, -0.05) is 97.1 Å². The van der Waals surface area contributed by atoms with E-state index in [1.807, 2.05) is 83.6 Å². The lowest BCUT2D eigenvalue weighted by molar-refractivity contribution is -0.131. The topological polar surface area (TPSA) is 66.5 Å². The third-order valence-corrected chi connectivity index (χ3v) is 11.5. The Kier molecular flexibility index (Phi) is 6.88. The third kappa shape index (κ3) is 4.22. The number of piperidine rings is 1. The maximum atomic E-state index is 15.5. The van der Waals surface area contributed by atoms with Gasteiger partial charge in [0.1, 0.15) is 0 Å². The Morgan fingerprint density at radius 1 is 0.733 bits per heavy atom. The molecule has 3 aliphatic rings. The zero-order chi connectivity index (χ0) is 30.6. The highest BCUT2D eigenvalue weighted by atomic mass is 32.1. The van der Waals surface area contributed by atoms with Crippen molar-refractivity contribution in [1.29, 1.82) is 0 Å². The Morgan fingerprint density at radius 3 is 2.02 bits per heavy atom. The molecule has 2 aromatic heterocycles. The first-order valence-electron chi connectivity index (χ1n) is 15.1. The van der Waals surface area contributed by atoms with Gasteiger partial charge in [-0.25, -0.2) is 0 Å². The average Bonchev–Trinajstić information content (AvgIpc) is 3.87. The number of benzene rings is 3. The molecule has 4 heterocycles. The number of Topliss-reactive ketones (excluding diaryl/α,β-unsaturated/α-hetero) is 3. The van der Waals surface area contributed by atoms with Gasteiger partial charge >= 0.3 is 0 Å². The number of hydrogen-bond donors (Lipinski definition) is 1. The molecule has 222 valence electrons. The summed E-state index contributed by atoms with van der Waals surface area (Å²) in [5.74, 6) is -1.22. The van der Waals surface area contributed by atoms with Crippen molar-refractivity contribution in [2.24, 2.45) is 5.41 Å². The van der Waals surface area contributed by atoms with E-state index in [2.05, 4.69) is 28.4 Å². The van der Waals surface area contributed by atoms with Gasteiger partial charge in [-0.05, 0) is 40.1 Å². The smallest absolute Gasteiger partial charge is 0.192 e. The summed E-state index contributed by atoms with van der Waals surface area (Å²) in [6, 6.07) is 34.8. The summed E-state index contributed by atoms with van der Waals surface area (Å²) >= 11 is 3.15. The molecule has 2 fully saturated rings. The summed E-state index contributed by atoms with van der Waals surface area (Å²) in [5.41, 5.74) is 0.244. The summed E-state index contributed by atoms with van der Waals surface area (Å²) in [5, 5.41) is 7.67. The van der Waals surface area contributed by atoms with Crippen LogP contribution in [0, 0.1) is 5.41 Å². The highest BCUT2D eigenvalue weighted by molar-refractivity contribution is 7.11. The van der Waals surface area contributed by atoms with Crippen LogP contribution in [0.25, 0.3) is 6.08 Å². The highest BCUT2D eigenvalue weighted by Crippen LogP contribution is 2.63. The Morgan fingerprint density at radius 2 is 1.38 bits per heavy atom. The first-order chi connectivity index (χ1) is 22.0. The standard InChI is InChI=1S/C38H30N2O3S2/c41-34-27(21-28-15-9-19-44-28)23-40(22-25-11-3-1-4-12-25)24-37(34)32(31-18-10-20-45-31)33(26-13-5-2-6-14-26)39-38(37)35(42)29-16-7-8-17-30(29)36(38)43/h1-21,32-33,39H,22-24H2. The predicted octanol–water partition coefficient (Wildman–Crippen LogP) is 7.21. The summed E-state index contributed by atoms with van der Waals surface area (Å²) in [6.45, 7) is 1.26. The van der Waals surface area contributed by atoms with Crippen LogP contribution < -0.4 is 5.32 Å². The van der Waals surface area contributed by atoms with E-state index in [1.54, 1.807) is 46.9 Å². The maximum absolute atomic E-state index is 15.5. The van der Waals surface area contributed by atoms with E-state index < -0.39 is 22.9 Å². The van der Waals surface area contributed by atoms with Crippen LogP contribution in [0.2, 0.25) is 0 Å². The van der Waals surface area contributed by atoms with E-state index in [0.717, 1.165) is 20.9 Å². The Hall–Kier alpha value is -4.27. The Bertz CT molecular complexity index is 1900. The molecule has 5 aromatic rings. The molecule has 45 heavy (non-hydrogen) atoms. The predicted molar refractivity (Wildman–Crippen MR) is 179 cm³/mol. The Labute approximate surface area is 269 Å². The van der Waals surface area contributed by atoms with Gasteiger partial charge in [0.2, 0.25) is 0 Å². The molecule has 7 heteroatoms. The van der Waals surface area contributed by atoms with E-state index >= 15 is 4.79 Å². The van der Waals surface area contributed by atoms with Gasteiger partial charge in [0, 0.05) is 58.0 Å². The van der Waals surface area contributed by atoms with Crippen LogP contribution in [0.4, 0.5) is 0 Å². The average molecular weight is 627 g/mol. The second kappa shape index (κ2) is 11.0. The molecule has 3 atom stereocenters. The highest BCUT2D eigenvalue weighted by Gasteiger charge is 2.77. The third-order valence-electron chi connectivity index (χ3n) is 9.68. The second-order valence-corrected chi connectivity index (χ2v) is 14.1. The molecule has 1 aliphatic carbocycles. The van der Waals surface area contributed by atoms with Gasteiger partial charge in [0.15, 0.2) is 22.9 Å². The quantitative estimate of drug-likeness (QED) is 0.165. The fourth-order valence-corrected chi connectivity index (χ4v) is 9.55. The zero-order valence-corrected chi connectivity index (χ0v) is 26.0. The second-order valence-electron chi connectivity index (χ2n) is 12.1. The number of nitrogens with one attached hydrogen (secondary N) is 1. The maximum Gasteiger partial charge on any atom is 0.192 e. The van der Waals surface area contributed by atoms with Crippen LogP contribution in [0.1, 0.15) is 53.6 Å². The number of likely N-dealkylation sites (tertiary alicyclic amines) is 1. The van der Waals surface area contributed by atoms with E-state index in [9.17, 15) is 9.59 Å². The lowest BCUT2D eigenvalue weighted by atomic mass is 9.56. The minimum atomic E-state index is -1.77. The van der Waals surface area contributed by atoms with Crippen molar-refractivity contribution in [2.75, 3.05) is 13.1 Å². The molecule has 5 nitrogen and oxygen atoms in total. The van der Waals surface area contributed by atoms with Gasteiger partial charge in [-0.2, -0.15) is 0 Å². The number of thiophene rings is 2. The van der Waals surface area contributed by atoms with Crippen LogP contribution in [-0.4, -0.2) is 40.9 Å². The number of carbonyl (C=O) groups is 3. The van der Waals surface area contributed by atoms with Crippen molar-refractivity contribution in [3.8, 4) is 0 Å². The normalized spacial score (nSPS) is 25.1. The number of ketones is 3. The first-order valence-corrected chi connectivity index (χ1v) is 16.9. The minimum Gasteiger partial charge on any atom is -0.294 e. The van der Waals surface area contributed by atoms with Gasteiger partial charge in [0.25, 0.3) is 0 Å². The molecule has 2 saturated heterocycles. The van der Waals surface area contributed by atoms with Crippen LogP contribution in [0.5, 0.6) is 0 Å². The van der Waals surface area contributed by atoms with Crippen molar-refractivity contribution in [2.45, 2.75) is 24.0 Å². The number of rotatable bonds is 5. The fraction of sp³-hybridized carbons (Fsp3) is 0.184. The summed E-state index contributed by atoms with van der Waals surface area (Å²) in [6.07, 6.45) is 1.97. The first kappa shape index (κ1) is 28.2. The lowest BCUT2D eigenvalue weighted by Crippen LogP contribution is -2.69. The molecule has 3 aromatic carbocycles. The van der Waals surface area contributed by atoms with Crippen molar-refractivity contribution >= 4 is 46.1 Å². The van der Waals surface area contributed by atoms with Gasteiger partial charge < -0.3 is 0 Å². The zero-order valence-electron chi connectivity index (χ0n) is 24.4. The van der Waals surface area contributed by atoms with Crippen LogP contribution in [0.15, 0.2) is 126 Å². The molecule has 8 rings (SSSR count). The van der Waals surface area contributed by atoms with Crippen molar-refractivity contribution in [3.63, 3.8) is 0 Å². The number of nitrogens with zero attached hydrogens (tertiary/aromatic N) is 1. The summed E-state index contributed by atoms with van der Waals surface area (Å²) in [7, 11) is 0. The molecule has 0 radical (unpaired) electrons. The van der Waals surface area contributed by atoms with Crippen molar-refractivity contribution in [1.82, 2.24) is 10.2 Å². The fourth-order valence-electron chi connectivity index (χ4n) is 7.91. The molecule has 0 amide bonds. The van der Waals surface area contributed by atoms with Gasteiger partial charge in [-0.3, -0.25) is 24.6 Å². The lowest BCUT2D eigenvalue weighted by Gasteiger charge is -2.49. The number of carbonyl (C=O) groups excluding carboxylic acids is 3. The molecule has 2 spiro atoms. The molecule has 0 saturated carbocycles. The SMILES string of the molecule is O=C1c2ccccc2C(=O)C12NC(c1ccccc1)C(c1cccs1)C21CN(Cc2ccccc2)CC(=Cc2cccs2)C1=O. The van der Waals surface area contributed by atoms with Gasteiger partial charge in [-0.15, -0.1) is 22.7 Å². The van der Waals surface area contributed by atoms with Crippen LogP contribution in [0.3, 0.4) is 0 Å². The molecule has 2 aliphatic heterocycles. The molecule has 0 bridgehead atoms. The van der Waals surface area contributed by atoms with E-state index in [-0.39, 0.29) is 23.9 Å². The molecular weight excluding hydrogens is 597 g/mol. The number of fused-ring (bicyclic) bond motifs is 2. The minimum absolute atomic E-state index is 0.126. The molecule has 3 unspecified atom stereocenters. The monoisotopic (exact) mass is 626 g/mol. The van der Waals surface area contributed by atoms with Crippen LogP contribution >= 0.6 is 22.7 Å². The summed E-state index contributed by atoms with van der Waals surface area (Å²) in [4.78, 5) is 49.7. The van der Waals surface area contributed by atoms with Crippen molar-refractivity contribution in [3.05, 3.63) is 158 Å². The van der Waals surface area contributed by atoms with E-state index in [4.69, 9.17) is 0 Å². The number of hydrogen-bond acceptors (Lipinski definition) is 7. The molecule has 1 N–H and O–H groups in total. The Balaban J connectivity index is 1.41. The molecular formula is C38H30N2O3S2. The van der Waals surface area contributed by atoms with Crippen LogP contribution in [-0.2, 0) is 11.3 Å². The van der Waals surface area contributed by atoms with Gasteiger partial charge in [0.05, 0.1) is 5.41 Å². The largest absolute Gasteiger partial charge is 0.294 e. The van der Waals surface area contributed by atoms with Crippen molar-refractivity contribution < 1.29 is 14.4 Å². The van der Waals surface area contributed by atoms with E-state index in [1.165, 1.54) is 0 Å². The van der Waals surface area contributed by atoms with E-state index in [0.29, 0.717) is 29.8 Å². The summed E-state index contributed by atoms with van der Waals surface area (Å²) < 4.78 is 0.